The number of benzene rings is 2. The average Bonchev–Trinajstić information content (AvgIpc) is 2.38. The molecule has 0 bridgehead atoms. The zero-order valence-electron chi connectivity index (χ0n) is 11.2. The van der Waals surface area contributed by atoms with Gasteiger partial charge in [-0.15, -0.1) is 0 Å². The third kappa shape index (κ3) is 5.32. The maximum absolute atomic E-state index is 12.3. The standard InChI is InChI=1S/C14H11F2NO2S.Na/c15-14(16)20-10-5-3-4-9(8-10)17-12-7-2-1-6-11(12)13(18)19;/h1-8,14,17H,(H,18,19);/q;+1/p-1. The second-order valence-corrected chi connectivity index (χ2v) is 4.93. The number of para-hydroxylation sites is 1. The van der Waals surface area contributed by atoms with E-state index < -0.39 is 11.7 Å². The monoisotopic (exact) mass is 317 g/mol. The molecule has 0 saturated carbocycles. The number of hydrogen-bond acceptors (Lipinski definition) is 4. The van der Waals surface area contributed by atoms with Gasteiger partial charge >= 0.3 is 29.6 Å². The number of carboxylic acids is 1. The third-order valence-corrected chi connectivity index (χ3v) is 3.19. The van der Waals surface area contributed by atoms with Gasteiger partial charge in [0, 0.05) is 21.8 Å². The maximum Gasteiger partial charge on any atom is 1.00 e. The smallest absolute Gasteiger partial charge is 0.545 e. The molecule has 104 valence electrons. The Balaban J connectivity index is 0.00000220. The van der Waals surface area contributed by atoms with Gasteiger partial charge in [-0.2, -0.15) is 8.78 Å². The van der Waals surface area contributed by atoms with E-state index in [-0.39, 0.29) is 35.1 Å². The van der Waals surface area contributed by atoms with Gasteiger partial charge in [-0.05, 0) is 24.3 Å². The van der Waals surface area contributed by atoms with Crippen molar-refractivity contribution in [3.05, 3.63) is 54.1 Å². The number of nitrogens with one attached hydrogen (secondary N) is 1. The van der Waals surface area contributed by atoms with Crippen molar-refractivity contribution in [3.63, 3.8) is 0 Å². The Morgan fingerprint density at radius 3 is 2.52 bits per heavy atom. The van der Waals surface area contributed by atoms with E-state index in [9.17, 15) is 18.7 Å². The third-order valence-electron chi connectivity index (χ3n) is 2.49. The van der Waals surface area contributed by atoms with Crippen LogP contribution in [0.4, 0.5) is 20.2 Å². The van der Waals surface area contributed by atoms with E-state index in [2.05, 4.69) is 5.32 Å². The summed E-state index contributed by atoms with van der Waals surface area (Å²) < 4.78 is 24.6. The van der Waals surface area contributed by atoms with E-state index in [0.29, 0.717) is 28.0 Å². The second-order valence-electron chi connectivity index (χ2n) is 3.86. The molecular weight excluding hydrogens is 307 g/mol. The minimum atomic E-state index is -2.50. The number of rotatable bonds is 5. The average molecular weight is 317 g/mol. The van der Waals surface area contributed by atoms with E-state index in [4.69, 9.17) is 0 Å². The summed E-state index contributed by atoms with van der Waals surface area (Å²) in [7, 11) is 0. The molecule has 2 aromatic rings. The molecule has 0 saturated heterocycles. The summed E-state index contributed by atoms with van der Waals surface area (Å²) in [6, 6.07) is 12.6. The van der Waals surface area contributed by atoms with Crippen molar-refractivity contribution in [2.24, 2.45) is 0 Å². The van der Waals surface area contributed by atoms with E-state index in [1.807, 2.05) is 0 Å². The minimum Gasteiger partial charge on any atom is -0.545 e. The van der Waals surface area contributed by atoms with Crippen molar-refractivity contribution in [1.29, 1.82) is 0 Å². The molecule has 0 spiro atoms. The summed E-state index contributed by atoms with van der Waals surface area (Å²) in [6.07, 6.45) is 0. The first-order chi connectivity index (χ1) is 9.56. The number of thioether (sulfide) groups is 1. The molecule has 0 atom stereocenters. The van der Waals surface area contributed by atoms with E-state index in [0.717, 1.165) is 0 Å². The number of halogens is 2. The summed E-state index contributed by atoms with van der Waals surface area (Å²) in [5.41, 5.74) is 0.899. The first-order valence-electron chi connectivity index (χ1n) is 5.68. The molecule has 2 aromatic carbocycles. The number of alkyl halides is 2. The molecule has 0 aliphatic carbocycles. The molecule has 0 aliphatic heterocycles. The molecule has 0 amide bonds. The summed E-state index contributed by atoms with van der Waals surface area (Å²) in [6.45, 7) is 0. The van der Waals surface area contributed by atoms with Crippen molar-refractivity contribution in [3.8, 4) is 0 Å². The predicted molar refractivity (Wildman–Crippen MR) is 72.4 cm³/mol. The number of aromatic carboxylic acids is 1. The normalized spacial score (nSPS) is 10.0. The summed E-state index contributed by atoms with van der Waals surface area (Å²) in [5, 5.41) is 13.9. The molecule has 0 radical (unpaired) electrons. The Morgan fingerprint density at radius 1 is 1.14 bits per heavy atom. The van der Waals surface area contributed by atoms with Crippen molar-refractivity contribution >= 4 is 29.1 Å². The van der Waals surface area contributed by atoms with Gasteiger partial charge in [-0.25, -0.2) is 0 Å². The Bertz CT molecular complexity index is 625. The summed E-state index contributed by atoms with van der Waals surface area (Å²) in [4.78, 5) is 11.4. The van der Waals surface area contributed by atoms with Crippen LogP contribution >= 0.6 is 11.8 Å². The molecule has 7 heteroatoms. The summed E-state index contributed by atoms with van der Waals surface area (Å²) >= 11 is 0.432. The second kappa shape index (κ2) is 8.38. The maximum atomic E-state index is 12.3. The van der Waals surface area contributed by atoms with Crippen LogP contribution in [0.2, 0.25) is 0 Å². The molecule has 2 rings (SSSR count). The van der Waals surface area contributed by atoms with Crippen molar-refractivity contribution in [1.82, 2.24) is 0 Å². The van der Waals surface area contributed by atoms with E-state index in [1.54, 1.807) is 36.4 Å². The van der Waals surface area contributed by atoms with Crippen LogP contribution in [-0.4, -0.2) is 11.7 Å². The van der Waals surface area contributed by atoms with Crippen LogP contribution in [0, 0.1) is 0 Å². The fourth-order valence-electron chi connectivity index (χ4n) is 1.68. The van der Waals surface area contributed by atoms with Gasteiger partial charge in [0.25, 0.3) is 5.76 Å². The zero-order chi connectivity index (χ0) is 14.5. The Morgan fingerprint density at radius 2 is 1.86 bits per heavy atom. The fourth-order valence-corrected chi connectivity index (χ4v) is 2.23. The largest absolute Gasteiger partial charge is 1.00 e. The predicted octanol–water partition coefficient (Wildman–Crippen LogP) is 0.112. The van der Waals surface area contributed by atoms with Gasteiger partial charge in [0.1, 0.15) is 0 Å². The van der Waals surface area contributed by atoms with Crippen LogP contribution in [0.25, 0.3) is 0 Å². The number of carboxylic acid groups (broad SMARTS) is 1. The topological polar surface area (TPSA) is 52.2 Å². The van der Waals surface area contributed by atoms with Crippen LogP contribution in [0.5, 0.6) is 0 Å². The van der Waals surface area contributed by atoms with Gasteiger partial charge < -0.3 is 15.2 Å². The molecule has 1 N–H and O–H groups in total. The van der Waals surface area contributed by atoms with Gasteiger partial charge in [0.15, 0.2) is 0 Å². The molecule has 0 aromatic heterocycles. The van der Waals surface area contributed by atoms with Crippen molar-refractivity contribution in [2.45, 2.75) is 10.7 Å². The van der Waals surface area contributed by atoms with Gasteiger partial charge in [-0.1, -0.05) is 36.0 Å². The van der Waals surface area contributed by atoms with Crippen LogP contribution < -0.4 is 40.0 Å². The Labute approximate surface area is 147 Å². The molecule has 0 heterocycles. The molecule has 0 unspecified atom stereocenters. The zero-order valence-corrected chi connectivity index (χ0v) is 14.0. The fraction of sp³-hybridized carbons (Fsp3) is 0.0714. The van der Waals surface area contributed by atoms with Gasteiger partial charge in [0.05, 0.1) is 5.97 Å². The van der Waals surface area contributed by atoms with Crippen LogP contribution in [-0.2, 0) is 0 Å². The van der Waals surface area contributed by atoms with Crippen molar-refractivity contribution < 1.29 is 48.2 Å². The van der Waals surface area contributed by atoms with Crippen LogP contribution in [0.3, 0.4) is 0 Å². The Hall–Kier alpha value is -1.08. The van der Waals surface area contributed by atoms with Crippen LogP contribution in [0.1, 0.15) is 10.4 Å². The number of carbonyl (C=O) groups is 1. The molecule has 21 heavy (non-hydrogen) atoms. The number of anilines is 2. The Kier molecular flexibility index (Phi) is 7.17. The molecular formula is C14H10F2NNaO2S. The molecule has 0 aliphatic rings. The molecule has 0 fully saturated rings. The minimum absolute atomic E-state index is 0. The van der Waals surface area contributed by atoms with Crippen LogP contribution in [0.15, 0.2) is 53.4 Å². The number of carbonyl (C=O) groups excluding carboxylic acids is 1. The van der Waals surface area contributed by atoms with Gasteiger partial charge in [0.2, 0.25) is 0 Å². The van der Waals surface area contributed by atoms with Crippen molar-refractivity contribution in [2.75, 3.05) is 5.32 Å². The number of hydrogen-bond donors (Lipinski definition) is 1. The van der Waals surface area contributed by atoms with E-state index >= 15 is 0 Å². The first-order valence-corrected chi connectivity index (χ1v) is 6.56. The van der Waals surface area contributed by atoms with Gasteiger partial charge in [-0.3, -0.25) is 0 Å². The summed E-state index contributed by atoms with van der Waals surface area (Å²) in [5.74, 6) is -3.80. The quantitative estimate of drug-likeness (QED) is 0.628. The van der Waals surface area contributed by atoms with E-state index in [1.165, 1.54) is 12.1 Å². The molecule has 3 nitrogen and oxygen atoms in total. The first kappa shape index (κ1) is 18.0. The SMILES string of the molecule is O=C([O-])c1ccccc1Nc1cccc(SC(F)F)c1.[Na+].